The first kappa shape index (κ1) is 11.7. The molecule has 15 heavy (non-hydrogen) atoms. The van der Waals surface area contributed by atoms with Gasteiger partial charge in [-0.1, -0.05) is 17.7 Å². The van der Waals surface area contributed by atoms with E-state index >= 15 is 0 Å². The van der Waals surface area contributed by atoms with Crippen molar-refractivity contribution in [3.8, 4) is 0 Å². The topological polar surface area (TPSA) is 54.4 Å². The van der Waals surface area contributed by atoms with Crippen molar-refractivity contribution >= 4 is 23.4 Å². The van der Waals surface area contributed by atoms with Crippen LogP contribution in [0.15, 0.2) is 18.2 Å². The molecule has 0 aliphatic heterocycles. The number of hydrogen-bond donors (Lipinski definition) is 1. The molecule has 0 aliphatic carbocycles. The fourth-order valence-electron chi connectivity index (χ4n) is 1.11. The number of carboxylic acid groups (broad SMARTS) is 1. The normalized spacial score (nSPS) is 10.0. The predicted octanol–water partition coefficient (Wildman–Crippen LogP) is 2.07. The number of halogens is 2. The van der Waals surface area contributed by atoms with Gasteiger partial charge in [-0.25, -0.2) is 4.39 Å². The molecule has 0 saturated carbocycles. The lowest BCUT2D eigenvalue weighted by Gasteiger charge is -2.00. The number of Topliss-reactive ketones (excluding diaryl/α,β-unsaturated/α-hetero) is 1. The zero-order chi connectivity index (χ0) is 11.4. The predicted molar refractivity (Wildman–Crippen MR) is 52.4 cm³/mol. The fourth-order valence-corrected chi connectivity index (χ4v) is 1.31. The minimum absolute atomic E-state index is 0.0493. The number of hydrogen-bond acceptors (Lipinski definition) is 2. The van der Waals surface area contributed by atoms with Crippen molar-refractivity contribution in [3.63, 3.8) is 0 Å². The van der Waals surface area contributed by atoms with Gasteiger partial charge >= 0.3 is 5.97 Å². The monoisotopic (exact) mass is 230 g/mol. The fraction of sp³-hybridized carbons (Fsp3) is 0.200. The van der Waals surface area contributed by atoms with Gasteiger partial charge in [0.2, 0.25) is 0 Å². The highest BCUT2D eigenvalue weighted by Crippen LogP contribution is 2.16. The summed E-state index contributed by atoms with van der Waals surface area (Å²) in [7, 11) is 0. The van der Waals surface area contributed by atoms with Gasteiger partial charge in [0.15, 0.2) is 0 Å². The first-order valence-electron chi connectivity index (χ1n) is 4.16. The van der Waals surface area contributed by atoms with Crippen LogP contribution < -0.4 is 0 Å². The van der Waals surface area contributed by atoms with Gasteiger partial charge in [-0.3, -0.25) is 9.59 Å². The van der Waals surface area contributed by atoms with Gasteiger partial charge in [0.25, 0.3) is 0 Å². The first-order chi connectivity index (χ1) is 6.99. The maximum absolute atomic E-state index is 12.7. The van der Waals surface area contributed by atoms with Crippen molar-refractivity contribution in [2.75, 3.05) is 0 Å². The molecule has 0 saturated heterocycles. The summed E-state index contributed by atoms with van der Waals surface area (Å²) < 4.78 is 12.7. The van der Waals surface area contributed by atoms with Gasteiger partial charge in [0.05, 0.1) is 5.02 Å². The third-order valence-electron chi connectivity index (χ3n) is 1.73. The molecule has 1 N–H and O–H groups in total. The van der Waals surface area contributed by atoms with E-state index in [0.29, 0.717) is 5.56 Å². The summed E-state index contributed by atoms with van der Waals surface area (Å²) in [6.07, 6.45) is -0.582. The molecule has 0 radical (unpaired) electrons. The van der Waals surface area contributed by atoms with Crippen LogP contribution in [0.1, 0.15) is 12.0 Å². The van der Waals surface area contributed by atoms with Crippen LogP contribution >= 0.6 is 11.6 Å². The zero-order valence-electron chi connectivity index (χ0n) is 7.67. The van der Waals surface area contributed by atoms with Crippen molar-refractivity contribution in [2.24, 2.45) is 0 Å². The number of rotatable bonds is 4. The van der Waals surface area contributed by atoms with Crippen molar-refractivity contribution in [1.29, 1.82) is 0 Å². The molecule has 0 aliphatic rings. The number of ketones is 1. The number of aliphatic carboxylic acids is 1. The summed E-state index contributed by atoms with van der Waals surface area (Å²) >= 11 is 5.50. The Morgan fingerprint density at radius 2 is 2.07 bits per heavy atom. The lowest BCUT2D eigenvalue weighted by atomic mass is 10.1. The SMILES string of the molecule is O=C(O)CC(=O)Cc1ccc(F)c(Cl)c1. The van der Waals surface area contributed by atoms with Crippen LogP contribution in [0.5, 0.6) is 0 Å². The molecular weight excluding hydrogens is 223 g/mol. The highest BCUT2D eigenvalue weighted by Gasteiger charge is 2.09. The summed E-state index contributed by atoms with van der Waals surface area (Å²) in [5.74, 6) is -2.18. The lowest BCUT2D eigenvalue weighted by molar-refractivity contribution is -0.140. The van der Waals surface area contributed by atoms with E-state index in [2.05, 4.69) is 0 Å². The van der Waals surface area contributed by atoms with Crippen LogP contribution in [0.2, 0.25) is 5.02 Å². The number of benzene rings is 1. The van der Waals surface area contributed by atoms with E-state index in [-0.39, 0.29) is 11.4 Å². The van der Waals surface area contributed by atoms with E-state index in [1.54, 1.807) is 0 Å². The summed E-state index contributed by atoms with van der Waals surface area (Å²) in [5.41, 5.74) is 0.507. The summed E-state index contributed by atoms with van der Waals surface area (Å²) in [4.78, 5) is 21.3. The van der Waals surface area contributed by atoms with Crippen LogP contribution in [-0.4, -0.2) is 16.9 Å². The Bertz CT molecular complexity index is 404. The highest BCUT2D eigenvalue weighted by atomic mass is 35.5. The second-order valence-corrected chi connectivity index (χ2v) is 3.44. The average molecular weight is 231 g/mol. The van der Waals surface area contributed by atoms with Gasteiger partial charge in [0, 0.05) is 6.42 Å². The van der Waals surface area contributed by atoms with Crippen molar-refractivity contribution in [3.05, 3.63) is 34.6 Å². The molecule has 0 atom stereocenters. The van der Waals surface area contributed by atoms with E-state index in [0.717, 1.165) is 6.07 Å². The Kier molecular flexibility index (Phi) is 3.80. The molecular formula is C10H8ClFO3. The molecule has 1 rings (SSSR count). The quantitative estimate of drug-likeness (QED) is 0.806. The molecule has 1 aromatic rings. The lowest BCUT2D eigenvalue weighted by Crippen LogP contribution is -2.09. The van der Waals surface area contributed by atoms with Crippen molar-refractivity contribution in [2.45, 2.75) is 12.8 Å². The minimum Gasteiger partial charge on any atom is -0.481 e. The molecule has 1 aromatic carbocycles. The van der Waals surface area contributed by atoms with E-state index in [1.807, 2.05) is 0 Å². The molecule has 0 aromatic heterocycles. The number of carbonyl (C=O) groups is 2. The Morgan fingerprint density at radius 3 is 2.60 bits per heavy atom. The Morgan fingerprint density at radius 1 is 1.40 bits per heavy atom. The van der Waals surface area contributed by atoms with E-state index in [1.165, 1.54) is 12.1 Å². The molecule has 3 nitrogen and oxygen atoms in total. The van der Waals surface area contributed by atoms with Crippen LogP contribution in [0.25, 0.3) is 0 Å². The Labute approximate surface area is 90.5 Å². The molecule has 0 spiro atoms. The maximum Gasteiger partial charge on any atom is 0.310 e. The van der Waals surface area contributed by atoms with Crippen LogP contribution in [0.4, 0.5) is 4.39 Å². The summed E-state index contributed by atoms with van der Waals surface area (Å²) in [6, 6.07) is 3.86. The molecule has 0 heterocycles. The maximum atomic E-state index is 12.7. The van der Waals surface area contributed by atoms with Crippen LogP contribution in [-0.2, 0) is 16.0 Å². The first-order valence-corrected chi connectivity index (χ1v) is 4.54. The molecule has 80 valence electrons. The average Bonchev–Trinajstić information content (AvgIpc) is 2.10. The van der Waals surface area contributed by atoms with Crippen LogP contribution in [0.3, 0.4) is 0 Å². The molecule has 0 amide bonds. The van der Waals surface area contributed by atoms with Crippen molar-refractivity contribution in [1.82, 2.24) is 0 Å². The smallest absolute Gasteiger partial charge is 0.310 e. The van der Waals surface area contributed by atoms with Gasteiger partial charge in [-0.15, -0.1) is 0 Å². The van der Waals surface area contributed by atoms with Crippen LogP contribution in [0, 0.1) is 5.82 Å². The van der Waals surface area contributed by atoms with Gasteiger partial charge in [-0.2, -0.15) is 0 Å². The summed E-state index contributed by atoms with van der Waals surface area (Å²) in [6.45, 7) is 0. The molecule has 0 fully saturated rings. The largest absolute Gasteiger partial charge is 0.481 e. The second-order valence-electron chi connectivity index (χ2n) is 3.03. The molecule has 0 unspecified atom stereocenters. The number of carbonyl (C=O) groups excluding carboxylic acids is 1. The van der Waals surface area contributed by atoms with Crippen molar-refractivity contribution < 1.29 is 19.1 Å². The number of carboxylic acids is 1. The minimum atomic E-state index is -1.17. The van der Waals surface area contributed by atoms with Gasteiger partial charge < -0.3 is 5.11 Å². The molecule has 0 bridgehead atoms. The van der Waals surface area contributed by atoms with E-state index in [4.69, 9.17) is 16.7 Å². The Hall–Kier alpha value is -1.42. The van der Waals surface area contributed by atoms with Gasteiger partial charge in [0.1, 0.15) is 18.0 Å². The third-order valence-corrected chi connectivity index (χ3v) is 2.02. The summed E-state index contributed by atoms with van der Waals surface area (Å²) in [5, 5.41) is 8.28. The van der Waals surface area contributed by atoms with E-state index in [9.17, 15) is 14.0 Å². The third kappa shape index (κ3) is 3.67. The second kappa shape index (κ2) is 4.89. The Balaban J connectivity index is 2.69. The standard InChI is InChI=1S/C10H8ClFO3/c11-8-4-6(1-2-9(8)12)3-7(13)5-10(14)15/h1-2,4H,3,5H2,(H,14,15). The zero-order valence-corrected chi connectivity index (χ0v) is 8.42. The van der Waals surface area contributed by atoms with E-state index < -0.39 is 24.0 Å². The van der Waals surface area contributed by atoms with Gasteiger partial charge in [-0.05, 0) is 17.7 Å². The molecule has 5 heteroatoms. The highest BCUT2D eigenvalue weighted by molar-refractivity contribution is 6.30.